The molecule has 0 bridgehead atoms. The molecule has 0 fully saturated rings. The van der Waals surface area contributed by atoms with Crippen molar-refractivity contribution in [1.82, 2.24) is 9.97 Å². The number of halogens is 1. The summed E-state index contributed by atoms with van der Waals surface area (Å²) in [5.74, 6) is 0.601. The molecule has 0 saturated heterocycles. The Morgan fingerprint density at radius 1 is 1.25 bits per heavy atom. The number of hydrogen-bond donors (Lipinski definition) is 1. The lowest BCUT2D eigenvalue weighted by Gasteiger charge is -2.35. The van der Waals surface area contributed by atoms with Crippen LogP contribution in [0, 0.1) is 13.8 Å². The van der Waals surface area contributed by atoms with Crippen molar-refractivity contribution in [3.8, 4) is 0 Å². The lowest BCUT2D eigenvalue weighted by Crippen LogP contribution is -2.45. The molecule has 0 unspecified atom stereocenters. The minimum absolute atomic E-state index is 0.0223. The molecule has 0 radical (unpaired) electrons. The fourth-order valence-corrected chi connectivity index (χ4v) is 1.47. The summed E-state index contributed by atoms with van der Waals surface area (Å²) >= 11 is 6.06. The van der Waals surface area contributed by atoms with Crippen molar-refractivity contribution in [2.45, 2.75) is 33.2 Å². The van der Waals surface area contributed by atoms with Gasteiger partial charge in [-0.25, -0.2) is 9.97 Å². The van der Waals surface area contributed by atoms with Crippen LogP contribution in [0.4, 0.5) is 5.82 Å². The van der Waals surface area contributed by atoms with E-state index in [0.29, 0.717) is 11.0 Å². The van der Waals surface area contributed by atoms with Crippen LogP contribution in [-0.4, -0.2) is 34.3 Å². The Bertz CT molecular complexity index is 393. The van der Waals surface area contributed by atoms with Crippen LogP contribution in [0.2, 0.25) is 5.15 Å². The molecule has 0 spiro atoms. The van der Waals surface area contributed by atoms with Gasteiger partial charge in [0.25, 0.3) is 0 Å². The van der Waals surface area contributed by atoms with E-state index in [2.05, 4.69) is 9.97 Å². The first-order valence-electron chi connectivity index (χ1n) is 5.15. The van der Waals surface area contributed by atoms with Gasteiger partial charge < -0.3 is 10.0 Å². The molecule has 0 aliphatic heterocycles. The molecular formula is C11H18ClN3O. The predicted molar refractivity (Wildman–Crippen MR) is 66.1 cm³/mol. The first-order chi connectivity index (χ1) is 7.29. The van der Waals surface area contributed by atoms with Crippen LogP contribution in [0.1, 0.15) is 25.2 Å². The summed E-state index contributed by atoms with van der Waals surface area (Å²) < 4.78 is 0. The predicted octanol–water partition coefficient (Wildman–Crippen LogP) is 1.95. The maximum Gasteiger partial charge on any atom is 0.171 e. The van der Waals surface area contributed by atoms with Crippen LogP contribution in [-0.2, 0) is 0 Å². The van der Waals surface area contributed by atoms with Crippen molar-refractivity contribution in [3.63, 3.8) is 0 Å². The van der Waals surface area contributed by atoms with Crippen LogP contribution in [0.5, 0.6) is 0 Å². The summed E-state index contributed by atoms with van der Waals surface area (Å²) in [6, 6.07) is 0. The molecule has 90 valence electrons. The van der Waals surface area contributed by atoms with Crippen LogP contribution >= 0.6 is 11.6 Å². The lowest BCUT2D eigenvalue weighted by molar-refractivity contribution is 0.215. The van der Waals surface area contributed by atoms with Crippen molar-refractivity contribution < 1.29 is 5.11 Å². The third-order valence-electron chi connectivity index (χ3n) is 2.86. The summed E-state index contributed by atoms with van der Waals surface area (Å²) in [5, 5.41) is 9.68. The number of anilines is 1. The summed E-state index contributed by atoms with van der Waals surface area (Å²) in [7, 11) is 1.85. The molecule has 1 rings (SSSR count). The maximum absolute atomic E-state index is 9.31. The number of hydrogen-bond acceptors (Lipinski definition) is 4. The summed E-state index contributed by atoms with van der Waals surface area (Å²) in [6.45, 7) is 7.62. The molecule has 1 N–H and O–H groups in total. The van der Waals surface area contributed by atoms with E-state index >= 15 is 0 Å². The van der Waals surface area contributed by atoms with Gasteiger partial charge in [0.1, 0.15) is 0 Å². The smallest absolute Gasteiger partial charge is 0.171 e. The molecule has 5 heteroatoms. The van der Waals surface area contributed by atoms with Crippen LogP contribution < -0.4 is 4.90 Å². The Kier molecular flexibility index (Phi) is 3.76. The average molecular weight is 244 g/mol. The van der Waals surface area contributed by atoms with E-state index in [9.17, 15) is 5.11 Å². The number of aliphatic hydroxyl groups is 1. The highest BCUT2D eigenvalue weighted by atomic mass is 35.5. The van der Waals surface area contributed by atoms with Gasteiger partial charge in [0, 0.05) is 7.05 Å². The zero-order valence-electron chi connectivity index (χ0n) is 10.4. The lowest BCUT2D eigenvalue weighted by atomic mass is 10.1. The SMILES string of the molecule is Cc1nc(Cl)c(N(C)C(C)(C)CO)nc1C. The summed E-state index contributed by atoms with van der Waals surface area (Å²) in [5.41, 5.74) is 1.25. The topological polar surface area (TPSA) is 49.2 Å². The third kappa shape index (κ3) is 2.44. The fourth-order valence-electron chi connectivity index (χ4n) is 1.17. The van der Waals surface area contributed by atoms with Gasteiger partial charge in [-0.2, -0.15) is 0 Å². The van der Waals surface area contributed by atoms with Gasteiger partial charge in [-0.05, 0) is 27.7 Å². The van der Waals surface area contributed by atoms with Gasteiger partial charge in [-0.3, -0.25) is 0 Å². The molecule has 0 aliphatic rings. The van der Waals surface area contributed by atoms with Crippen molar-refractivity contribution in [3.05, 3.63) is 16.5 Å². The second-order valence-electron chi connectivity index (χ2n) is 4.54. The molecule has 1 heterocycles. The summed E-state index contributed by atoms with van der Waals surface area (Å²) in [4.78, 5) is 10.5. The number of nitrogens with zero attached hydrogens (tertiary/aromatic N) is 3. The number of aromatic nitrogens is 2. The van der Waals surface area contributed by atoms with Crippen molar-refractivity contribution in [2.75, 3.05) is 18.6 Å². The van der Waals surface area contributed by atoms with Gasteiger partial charge in [-0.15, -0.1) is 0 Å². The molecule has 0 amide bonds. The van der Waals surface area contributed by atoms with Gasteiger partial charge in [0.05, 0.1) is 23.5 Å². The standard InChI is InChI=1S/C11H18ClN3O/c1-7-8(2)14-10(9(12)13-7)15(5)11(3,4)6-16/h16H,6H2,1-5H3. The molecule has 1 aromatic heterocycles. The van der Waals surface area contributed by atoms with E-state index in [4.69, 9.17) is 11.6 Å². The Morgan fingerprint density at radius 3 is 2.25 bits per heavy atom. The highest BCUT2D eigenvalue weighted by Crippen LogP contribution is 2.27. The Hall–Kier alpha value is -0.870. The number of rotatable bonds is 3. The second kappa shape index (κ2) is 4.55. The number of likely N-dealkylation sites (N-methyl/N-ethyl adjacent to an activating group) is 1. The molecule has 0 aromatic carbocycles. The van der Waals surface area contributed by atoms with E-state index in [1.54, 1.807) is 0 Å². The molecule has 16 heavy (non-hydrogen) atoms. The maximum atomic E-state index is 9.31. The molecule has 0 atom stereocenters. The van der Waals surface area contributed by atoms with Crippen LogP contribution in [0.15, 0.2) is 0 Å². The zero-order chi connectivity index (χ0) is 12.5. The Balaban J connectivity index is 3.19. The largest absolute Gasteiger partial charge is 0.394 e. The number of aliphatic hydroxyl groups excluding tert-OH is 1. The minimum atomic E-state index is -0.417. The molecular weight excluding hydrogens is 226 g/mol. The normalized spacial score (nSPS) is 11.7. The average Bonchev–Trinajstić information content (AvgIpc) is 2.22. The van der Waals surface area contributed by atoms with Crippen molar-refractivity contribution >= 4 is 17.4 Å². The van der Waals surface area contributed by atoms with Crippen LogP contribution in [0.3, 0.4) is 0 Å². The first-order valence-corrected chi connectivity index (χ1v) is 5.53. The van der Waals surface area contributed by atoms with Crippen LogP contribution in [0.25, 0.3) is 0 Å². The van der Waals surface area contributed by atoms with E-state index < -0.39 is 5.54 Å². The third-order valence-corrected chi connectivity index (χ3v) is 3.11. The van der Waals surface area contributed by atoms with E-state index in [0.717, 1.165) is 11.4 Å². The number of aryl methyl sites for hydroxylation is 2. The molecule has 1 aromatic rings. The van der Waals surface area contributed by atoms with Gasteiger partial charge >= 0.3 is 0 Å². The monoisotopic (exact) mass is 243 g/mol. The quantitative estimate of drug-likeness (QED) is 0.882. The highest BCUT2D eigenvalue weighted by molar-refractivity contribution is 6.31. The molecule has 0 saturated carbocycles. The fraction of sp³-hybridized carbons (Fsp3) is 0.636. The minimum Gasteiger partial charge on any atom is -0.394 e. The first kappa shape index (κ1) is 13.2. The van der Waals surface area contributed by atoms with E-state index in [1.165, 1.54) is 0 Å². The Morgan fingerprint density at radius 2 is 1.75 bits per heavy atom. The van der Waals surface area contributed by atoms with E-state index in [-0.39, 0.29) is 6.61 Å². The van der Waals surface area contributed by atoms with Gasteiger partial charge in [0.15, 0.2) is 11.0 Å². The highest BCUT2D eigenvalue weighted by Gasteiger charge is 2.26. The Labute approximate surface area is 101 Å². The van der Waals surface area contributed by atoms with Gasteiger partial charge in [-0.1, -0.05) is 11.6 Å². The van der Waals surface area contributed by atoms with Crippen molar-refractivity contribution in [1.29, 1.82) is 0 Å². The molecule has 4 nitrogen and oxygen atoms in total. The van der Waals surface area contributed by atoms with Gasteiger partial charge in [0.2, 0.25) is 0 Å². The van der Waals surface area contributed by atoms with E-state index in [1.807, 2.05) is 39.6 Å². The zero-order valence-corrected chi connectivity index (χ0v) is 11.1. The summed E-state index contributed by atoms with van der Waals surface area (Å²) in [6.07, 6.45) is 0. The van der Waals surface area contributed by atoms with Crippen molar-refractivity contribution in [2.24, 2.45) is 0 Å². The molecule has 0 aliphatic carbocycles. The second-order valence-corrected chi connectivity index (χ2v) is 4.90.